The van der Waals surface area contributed by atoms with Crippen LogP contribution >= 0.6 is 0 Å². The lowest BCUT2D eigenvalue weighted by Crippen LogP contribution is -2.68. The van der Waals surface area contributed by atoms with Crippen molar-refractivity contribution in [1.29, 1.82) is 0 Å². The molecule has 8 nitrogen and oxygen atoms in total. The fourth-order valence-electron chi connectivity index (χ4n) is 1.59. The summed E-state index contributed by atoms with van der Waals surface area (Å²) in [7, 11) is -20.0. The predicted octanol–water partition coefficient (Wildman–Crippen LogP) is 2.70. The van der Waals surface area contributed by atoms with Crippen LogP contribution in [0.2, 0.25) is 0 Å². The van der Waals surface area contributed by atoms with Crippen LogP contribution in [-0.2, 0) is 33.3 Å². The lowest BCUT2D eigenvalue weighted by atomic mass is 10.5. The molecule has 0 saturated carbocycles. The number of alkyl halides is 6. The number of halogens is 6. The van der Waals surface area contributed by atoms with E-state index in [0.29, 0.717) is 0 Å². The second kappa shape index (κ2) is 10.0. The molecule has 0 aliphatic heterocycles. The molecule has 0 aromatic rings. The monoisotopic (exact) mass is 485 g/mol. The second-order valence-corrected chi connectivity index (χ2v) is 12.0. The Morgan fingerprint density at radius 1 is 0.679 bits per heavy atom. The Labute approximate surface area is 160 Å². The van der Waals surface area contributed by atoms with E-state index in [4.69, 9.17) is 13.3 Å². The molecular weight excluding hydrogens is 464 g/mol. The lowest BCUT2D eigenvalue weighted by Gasteiger charge is -2.36. The molecule has 170 valence electrons. The van der Waals surface area contributed by atoms with Crippen LogP contribution in [0.5, 0.6) is 0 Å². The van der Waals surface area contributed by atoms with E-state index in [1.807, 2.05) is 0 Å². The molecule has 0 saturated heterocycles. The highest BCUT2D eigenvalue weighted by Gasteiger charge is 2.73. The van der Waals surface area contributed by atoms with Gasteiger partial charge in [-0.15, -0.1) is 0 Å². The Morgan fingerprint density at radius 3 is 1.11 bits per heavy atom. The third-order valence-electron chi connectivity index (χ3n) is 2.71. The molecular formula is C11H21F6NO7S2Si. The van der Waals surface area contributed by atoms with Gasteiger partial charge in [-0.05, 0) is 22.6 Å². The third-order valence-corrected chi connectivity index (χ3v) is 10.9. The van der Waals surface area contributed by atoms with Crippen LogP contribution in [-0.4, -0.2) is 60.0 Å². The Kier molecular flexibility index (Phi) is 9.86. The Balaban J connectivity index is 7.00. The van der Waals surface area contributed by atoms with Crippen molar-refractivity contribution in [1.82, 2.24) is 3.38 Å². The van der Waals surface area contributed by atoms with Crippen LogP contribution in [0.3, 0.4) is 0 Å². The summed E-state index contributed by atoms with van der Waals surface area (Å²) < 4.78 is 139. The average Bonchev–Trinajstić information content (AvgIpc) is 2.53. The van der Waals surface area contributed by atoms with Crippen LogP contribution < -0.4 is 0 Å². The van der Waals surface area contributed by atoms with Gasteiger partial charge in [-0.2, -0.15) is 26.3 Å². The normalized spacial score (nSPS) is 14.6. The summed E-state index contributed by atoms with van der Waals surface area (Å²) in [6, 6.07) is 0. The van der Waals surface area contributed by atoms with Crippen molar-refractivity contribution in [3.05, 3.63) is 0 Å². The van der Waals surface area contributed by atoms with Crippen molar-refractivity contribution < 1.29 is 56.5 Å². The first-order valence-corrected chi connectivity index (χ1v) is 12.4. The zero-order chi connectivity index (χ0) is 22.4. The molecule has 0 heterocycles. The van der Waals surface area contributed by atoms with E-state index in [1.165, 1.54) is 20.8 Å². The van der Waals surface area contributed by atoms with Crippen LogP contribution in [0, 0.1) is 0 Å². The maximum absolute atomic E-state index is 13.1. The first-order chi connectivity index (χ1) is 12.5. The SMILES string of the molecule is CCCO[Si](OCCC)(OCCC)N(S(=O)(=O)C(F)(F)F)S(=O)(=O)C(F)(F)F. The molecule has 0 radical (unpaired) electrons. The smallest absolute Gasteiger partial charge is 0.360 e. The summed E-state index contributed by atoms with van der Waals surface area (Å²) in [5, 5.41) is 0. The third kappa shape index (κ3) is 6.02. The molecule has 0 aliphatic carbocycles. The molecule has 0 amide bonds. The van der Waals surface area contributed by atoms with Crippen molar-refractivity contribution in [2.24, 2.45) is 0 Å². The quantitative estimate of drug-likeness (QED) is 0.310. The molecule has 0 rings (SSSR count). The highest BCUT2D eigenvalue weighted by atomic mass is 32.3. The number of sulfonamides is 2. The van der Waals surface area contributed by atoms with Gasteiger partial charge >= 0.3 is 40.0 Å². The number of rotatable bonds is 12. The van der Waals surface area contributed by atoms with Gasteiger partial charge in [0.1, 0.15) is 0 Å². The molecule has 0 aromatic carbocycles. The molecule has 0 aliphatic rings. The van der Waals surface area contributed by atoms with Crippen LogP contribution in [0.1, 0.15) is 40.0 Å². The molecule has 17 heteroatoms. The summed E-state index contributed by atoms with van der Waals surface area (Å²) >= 11 is 0. The van der Waals surface area contributed by atoms with Gasteiger partial charge in [-0.25, -0.2) is 16.8 Å². The Morgan fingerprint density at radius 2 is 0.929 bits per heavy atom. The zero-order valence-corrected chi connectivity index (χ0v) is 17.8. The summed E-state index contributed by atoms with van der Waals surface area (Å²) in [6.45, 7) is 2.36. The molecule has 0 aromatic heterocycles. The maximum Gasteiger partial charge on any atom is 0.628 e. The fraction of sp³-hybridized carbons (Fsp3) is 1.00. The van der Waals surface area contributed by atoms with Crippen molar-refractivity contribution in [2.45, 2.75) is 51.1 Å². The van der Waals surface area contributed by atoms with E-state index in [0.717, 1.165) is 0 Å². The minimum Gasteiger partial charge on any atom is -0.360 e. The van der Waals surface area contributed by atoms with Gasteiger partial charge in [0, 0.05) is 19.8 Å². The predicted molar refractivity (Wildman–Crippen MR) is 86.3 cm³/mol. The first-order valence-electron chi connectivity index (χ1n) is 7.90. The van der Waals surface area contributed by atoms with Gasteiger partial charge < -0.3 is 13.3 Å². The van der Waals surface area contributed by atoms with Crippen molar-refractivity contribution >= 4 is 29.0 Å². The van der Waals surface area contributed by atoms with Gasteiger partial charge in [0.05, 0.1) is 0 Å². The highest BCUT2D eigenvalue weighted by Crippen LogP contribution is 2.39. The number of hydrogen-bond donors (Lipinski definition) is 0. The van der Waals surface area contributed by atoms with E-state index >= 15 is 0 Å². The molecule has 0 N–H and O–H groups in total. The van der Waals surface area contributed by atoms with Gasteiger partial charge in [0.25, 0.3) is 0 Å². The zero-order valence-electron chi connectivity index (χ0n) is 15.1. The van der Waals surface area contributed by atoms with E-state index in [-0.39, 0.29) is 19.3 Å². The minimum atomic E-state index is -7.12. The molecule has 0 fully saturated rings. The lowest BCUT2D eigenvalue weighted by molar-refractivity contribution is -0.0561. The van der Waals surface area contributed by atoms with Gasteiger partial charge in [0.2, 0.25) is 0 Å². The van der Waals surface area contributed by atoms with E-state index in [1.54, 1.807) is 0 Å². The summed E-state index contributed by atoms with van der Waals surface area (Å²) in [6.07, 6.45) is -0.0247. The van der Waals surface area contributed by atoms with Gasteiger partial charge in [-0.3, -0.25) is 0 Å². The van der Waals surface area contributed by atoms with Crippen molar-refractivity contribution in [3.8, 4) is 0 Å². The van der Waals surface area contributed by atoms with Gasteiger partial charge in [-0.1, -0.05) is 20.8 Å². The standard InChI is InChI=1S/C11H21F6NO7S2Si/c1-4-7-23-28(24-8-5-2,25-9-6-3)18(26(19,20)10(12,13)14)27(21,22)11(15,16)17/h4-9H2,1-3H3. The van der Waals surface area contributed by atoms with Crippen LogP contribution in [0.15, 0.2) is 0 Å². The van der Waals surface area contributed by atoms with Crippen LogP contribution in [0.4, 0.5) is 26.3 Å². The molecule has 0 spiro atoms. The first kappa shape index (κ1) is 27.5. The van der Waals surface area contributed by atoms with Crippen molar-refractivity contribution in [3.63, 3.8) is 0 Å². The largest absolute Gasteiger partial charge is 0.628 e. The molecule has 0 bridgehead atoms. The van der Waals surface area contributed by atoms with E-state index in [2.05, 4.69) is 0 Å². The minimum absolute atomic E-state index is 0.00824. The summed E-state index contributed by atoms with van der Waals surface area (Å²) in [5.41, 5.74) is -12.8. The molecule has 28 heavy (non-hydrogen) atoms. The fourth-order valence-corrected chi connectivity index (χ4v) is 9.38. The average molecular weight is 485 g/mol. The molecule has 0 unspecified atom stereocenters. The highest BCUT2D eigenvalue weighted by molar-refractivity contribution is 8.06. The van der Waals surface area contributed by atoms with E-state index < -0.39 is 63.2 Å². The van der Waals surface area contributed by atoms with E-state index in [9.17, 15) is 43.2 Å². The number of hydrogen-bond acceptors (Lipinski definition) is 7. The summed E-state index contributed by atoms with van der Waals surface area (Å²) in [5.74, 6) is 0. The van der Waals surface area contributed by atoms with Gasteiger partial charge in [0.15, 0.2) is 0 Å². The second-order valence-electron chi connectivity index (χ2n) is 5.17. The van der Waals surface area contributed by atoms with Crippen LogP contribution in [0.25, 0.3) is 0 Å². The Hall–Kier alpha value is -0.463. The van der Waals surface area contributed by atoms with Crippen molar-refractivity contribution in [2.75, 3.05) is 19.8 Å². The maximum atomic E-state index is 13.1. The topological polar surface area (TPSA) is 99.2 Å². The Bertz CT molecular complexity index is 629. The summed E-state index contributed by atoms with van der Waals surface area (Å²) in [4.78, 5) is 0. The number of nitrogens with zero attached hydrogens (tertiary/aromatic N) is 1. The molecule has 0 atom stereocenters.